The van der Waals surface area contributed by atoms with Crippen molar-refractivity contribution in [2.45, 2.75) is 39.0 Å². The number of hydrogen-bond acceptors (Lipinski definition) is 2. The summed E-state index contributed by atoms with van der Waals surface area (Å²) in [5.41, 5.74) is 2.66. The molecule has 16 heavy (non-hydrogen) atoms. The molecule has 88 valence electrons. The first-order chi connectivity index (χ1) is 7.85. The van der Waals surface area contributed by atoms with Gasteiger partial charge < -0.3 is 10.1 Å². The predicted octanol–water partition coefficient (Wildman–Crippen LogP) is 2.72. The normalized spacial score (nSPS) is 23.4. The number of hydrogen-bond donors (Lipinski definition) is 1. The van der Waals surface area contributed by atoms with Gasteiger partial charge in [0.25, 0.3) is 0 Å². The quantitative estimate of drug-likeness (QED) is 0.794. The van der Waals surface area contributed by atoms with Crippen LogP contribution in [-0.2, 0) is 17.9 Å². The molecule has 0 radical (unpaired) electrons. The Morgan fingerprint density at radius 1 is 1.31 bits per heavy atom. The van der Waals surface area contributed by atoms with Crippen molar-refractivity contribution < 1.29 is 4.74 Å². The molecule has 1 fully saturated rings. The summed E-state index contributed by atoms with van der Waals surface area (Å²) >= 11 is 0. The van der Waals surface area contributed by atoms with E-state index in [4.69, 9.17) is 4.74 Å². The molecule has 0 aromatic heterocycles. The molecule has 1 saturated carbocycles. The Balaban J connectivity index is 1.88. The van der Waals surface area contributed by atoms with Gasteiger partial charge in [-0.1, -0.05) is 37.6 Å². The van der Waals surface area contributed by atoms with Crippen LogP contribution in [0.1, 0.15) is 30.9 Å². The molecule has 1 aromatic rings. The van der Waals surface area contributed by atoms with Gasteiger partial charge in [-0.3, -0.25) is 0 Å². The zero-order chi connectivity index (χ0) is 11.4. The van der Waals surface area contributed by atoms with Gasteiger partial charge in [-0.05, 0) is 23.5 Å². The molecule has 0 aliphatic heterocycles. The maximum absolute atomic E-state index is 5.21. The standard InChI is InChI=1S/C14H21NO/c1-3-11-8-14(11)15-9-12-6-4-5-7-13(12)10-16-2/h4-7,11,14-15H,3,8-10H2,1-2H3. The Hall–Kier alpha value is -0.860. The number of ether oxygens (including phenoxy) is 1. The van der Waals surface area contributed by atoms with E-state index in [2.05, 4.69) is 36.5 Å². The Labute approximate surface area is 98.0 Å². The highest BCUT2D eigenvalue weighted by Gasteiger charge is 2.34. The van der Waals surface area contributed by atoms with Crippen LogP contribution >= 0.6 is 0 Å². The van der Waals surface area contributed by atoms with Crippen LogP contribution in [0.15, 0.2) is 24.3 Å². The maximum atomic E-state index is 5.21. The molecule has 2 nitrogen and oxygen atoms in total. The van der Waals surface area contributed by atoms with Gasteiger partial charge in [0.15, 0.2) is 0 Å². The molecule has 0 bridgehead atoms. The van der Waals surface area contributed by atoms with Crippen molar-refractivity contribution in [2.24, 2.45) is 5.92 Å². The number of nitrogens with one attached hydrogen (secondary N) is 1. The van der Waals surface area contributed by atoms with E-state index in [1.807, 2.05) is 0 Å². The number of rotatable bonds is 6. The van der Waals surface area contributed by atoms with Crippen molar-refractivity contribution in [2.75, 3.05) is 7.11 Å². The average molecular weight is 219 g/mol. The minimum Gasteiger partial charge on any atom is -0.380 e. The summed E-state index contributed by atoms with van der Waals surface area (Å²) in [7, 11) is 1.75. The Morgan fingerprint density at radius 3 is 2.69 bits per heavy atom. The lowest BCUT2D eigenvalue weighted by Gasteiger charge is -2.09. The van der Waals surface area contributed by atoms with Crippen LogP contribution in [0, 0.1) is 5.92 Å². The summed E-state index contributed by atoms with van der Waals surface area (Å²) in [6, 6.07) is 9.25. The highest BCUT2D eigenvalue weighted by molar-refractivity contribution is 5.26. The van der Waals surface area contributed by atoms with Gasteiger partial charge in [-0.15, -0.1) is 0 Å². The van der Waals surface area contributed by atoms with Crippen LogP contribution in [0.25, 0.3) is 0 Å². The SMILES string of the molecule is CCC1CC1NCc1ccccc1COC. The highest BCUT2D eigenvalue weighted by Crippen LogP contribution is 2.33. The van der Waals surface area contributed by atoms with E-state index in [-0.39, 0.29) is 0 Å². The predicted molar refractivity (Wildman–Crippen MR) is 66.2 cm³/mol. The average Bonchev–Trinajstić information content (AvgIpc) is 3.07. The van der Waals surface area contributed by atoms with Gasteiger partial charge in [0.05, 0.1) is 6.61 Å². The third kappa shape index (κ3) is 2.83. The first kappa shape index (κ1) is 11.6. The van der Waals surface area contributed by atoms with E-state index in [0.717, 1.165) is 18.5 Å². The molecule has 2 heteroatoms. The fourth-order valence-electron chi connectivity index (χ4n) is 2.22. The van der Waals surface area contributed by atoms with Crippen molar-refractivity contribution in [3.63, 3.8) is 0 Å². The summed E-state index contributed by atoms with van der Waals surface area (Å²) in [4.78, 5) is 0. The van der Waals surface area contributed by atoms with E-state index >= 15 is 0 Å². The minimum absolute atomic E-state index is 0.708. The molecule has 0 spiro atoms. The smallest absolute Gasteiger partial charge is 0.0716 e. The van der Waals surface area contributed by atoms with Crippen molar-refractivity contribution in [1.82, 2.24) is 5.32 Å². The van der Waals surface area contributed by atoms with Crippen LogP contribution in [0.5, 0.6) is 0 Å². The van der Waals surface area contributed by atoms with Crippen LogP contribution < -0.4 is 5.32 Å². The van der Waals surface area contributed by atoms with Crippen molar-refractivity contribution in [3.05, 3.63) is 35.4 Å². The molecule has 1 N–H and O–H groups in total. The summed E-state index contributed by atoms with van der Waals surface area (Å²) in [5.74, 6) is 0.912. The Bertz CT molecular complexity index is 337. The molecular formula is C14H21NO. The van der Waals surface area contributed by atoms with Crippen molar-refractivity contribution in [1.29, 1.82) is 0 Å². The first-order valence-corrected chi connectivity index (χ1v) is 6.14. The van der Waals surface area contributed by atoms with Gasteiger partial charge in [0.2, 0.25) is 0 Å². The maximum Gasteiger partial charge on any atom is 0.0716 e. The second-order valence-corrected chi connectivity index (χ2v) is 4.59. The van der Waals surface area contributed by atoms with Crippen molar-refractivity contribution in [3.8, 4) is 0 Å². The molecule has 2 atom stereocenters. The zero-order valence-corrected chi connectivity index (χ0v) is 10.2. The van der Waals surface area contributed by atoms with Crippen LogP contribution in [0.3, 0.4) is 0 Å². The lowest BCUT2D eigenvalue weighted by molar-refractivity contribution is 0.184. The van der Waals surface area contributed by atoms with E-state index < -0.39 is 0 Å². The zero-order valence-electron chi connectivity index (χ0n) is 10.2. The Morgan fingerprint density at radius 2 is 2.06 bits per heavy atom. The fraction of sp³-hybridized carbons (Fsp3) is 0.571. The van der Waals surface area contributed by atoms with Crippen LogP contribution in [0.2, 0.25) is 0 Å². The van der Waals surface area contributed by atoms with Crippen LogP contribution in [0.4, 0.5) is 0 Å². The summed E-state index contributed by atoms with van der Waals surface area (Å²) in [6.07, 6.45) is 2.65. The second-order valence-electron chi connectivity index (χ2n) is 4.59. The van der Waals surface area contributed by atoms with E-state index in [1.54, 1.807) is 7.11 Å². The minimum atomic E-state index is 0.708. The fourth-order valence-corrected chi connectivity index (χ4v) is 2.22. The van der Waals surface area contributed by atoms with Gasteiger partial charge in [0.1, 0.15) is 0 Å². The third-order valence-electron chi connectivity index (χ3n) is 3.42. The lowest BCUT2D eigenvalue weighted by Crippen LogP contribution is -2.18. The lowest BCUT2D eigenvalue weighted by atomic mass is 10.1. The third-order valence-corrected chi connectivity index (χ3v) is 3.42. The number of methoxy groups -OCH3 is 1. The summed E-state index contributed by atoms with van der Waals surface area (Å²) < 4.78 is 5.21. The van der Waals surface area contributed by atoms with Gasteiger partial charge >= 0.3 is 0 Å². The second kappa shape index (κ2) is 5.46. The van der Waals surface area contributed by atoms with Crippen molar-refractivity contribution >= 4 is 0 Å². The van der Waals surface area contributed by atoms with E-state index in [0.29, 0.717) is 6.61 Å². The van der Waals surface area contributed by atoms with Gasteiger partial charge in [-0.25, -0.2) is 0 Å². The summed E-state index contributed by atoms with van der Waals surface area (Å²) in [6.45, 7) is 3.95. The van der Waals surface area contributed by atoms with E-state index in [9.17, 15) is 0 Å². The largest absolute Gasteiger partial charge is 0.380 e. The molecule has 1 aromatic carbocycles. The molecular weight excluding hydrogens is 198 g/mol. The monoisotopic (exact) mass is 219 g/mol. The molecule has 0 amide bonds. The highest BCUT2D eigenvalue weighted by atomic mass is 16.5. The molecule has 1 aliphatic carbocycles. The Kier molecular flexibility index (Phi) is 3.97. The van der Waals surface area contributed by atoms with E-state index in [1.165, 1.54) is 24.0 Å². The molecule has 2 unspecified atom stereocenters. The topological polar surface area (TPSA) is 21.3 Å². The summed E-state index contributed by atoms with van der Waals surface area (Å²) in [5, 5.41) is 3.62. The molecule has 1 aliphatic rings. The number of benzene rings is 1. The first-order valence-electron chi connectivity index (χ1n) is 6.14. The molecule has 0 saturated heterocycles. The van der Waals surface area contributed by atoms with Crippen LogP contribution in [-0.4, -0.2) is 13.2 Å². The molecule has 2 rings (SSSR count). The van der Waals surface area contributed by atoms with Gasteiger partial charge in [0, 0.05) is 19.7 Å². The van der Waals surface area contributed by atoms with Gasteiger partial charge in [-0.2, -0.15) is 0 Å². The molecule has 0 heterocycles.